The van der Waals surface area contributed by atoms with E-state index >= 15 is 0 Å². The van der Waals surface area contributed by atoms with Gasteiger partial charge in [0.2, 0.25) is 0 Å². The number of rotatable bonds is 3. The molecule has 0 aliphatic heterocycles. The summed E-state index contributed by atoms with van der Waals surface area (Å²) in [5, 5.41) is 0. The Kier molecular flexibility index (Phi) is 1.67. The summed E-state index contributed by atoms with van der Waals surface area (Å²) in [7, 11) is 0. The molecule has 1 aliphatic carbocycles. The summed E-state index contributed by atoms with van der Waals surface area (Å²) in [5.74, 6) is 0.801. The molecule has 0 radical (unpaired) electrons. The number of hydrogen-bond donors (Lipinski definition) is 0. The fourth-order valence-corrected chi connectivity index (χ4v) is 1.70. The van der Waals surface area contributed by atoms with E-state index < -0.39 is 0 Å². The van der Waals surface area contributed by atoms with Crippen molar-refractivity contribution in [2.24, 2.45) is 11.3 Å². The maximum absolute atomic E-state index is 11.1. The Morgan fingerprint density at radius 2 is 2.50 bits per heavy atom. The molecule has 0 amide bonds. The molecule has 2 atom stereocenters. The first-order chi connectivity index (χ1) is 4.67. The van der Waals surface area contributed by atoms with E-state index in [9.17, 15) is 4.79 Å². The first-order valence-corrected chi connectivity index (χ1v) is 3.81. The molecule has 0 N–H and O–H groups in total. The highest BCUT2D eigenvalue weighted by atomic mass is 16.1. The summed E-state index contributed by atoms with van der Waals surface area (Å²) in [4.78, 5) is 11.1. The molecule has 1 aliphatic rings. The maximum Gasteiger partial charge on any atom is 0.136 e. The van der Waals surface area contributed by atoms with Crippen LogP contribution in [0.3, 0.4) is 0 Å². The summed E-state index contributed by atoms with van der Waals surface area (Å²) in [5.41, 5.74) is 0.00174. The lowest BCUT2D eigenvalue weighted by molar-refractivity contribution is -0.122. The van der Waals surface area contributed by atoms with E-state index in [-0.39, 0.29) is 5.41 Å². The second-order valence-corrected chi connectivity index (χ2v) is 3.11. The molecule has 0 aromatic rings. The van der Waals surface area contributed by atoms with E-state index in [2.05, 4.69) is 13.5 Å². The van der Waals surface area contributed by atoms with E-state index in [0.717, 1.165) is 12.8 Å². The molecule has 0 saturated heterocycles. The molecule has 1 nitrogen and oxygen atoms in total. The van der Waals surface area contributed by atoms with Crippen LogP contribution in [-0.4, -0.2) is 5.78 Å². The lowest BCUT2D eigenvalue weighted by Crippen LogP contribution is -2.12. The van der Waals surface area contributed by atoms with Gasteiger partial charge in [-0.25, -0.2) is 0 Å². The van der Waals surface area contributed by atoms with Gasteiger partial charge in [0.05, 0.1) is 0 Å². The molecule has 1 heteroatoms. The zero-order valence-electron chi connectivity index (χ0n) is 6.68. The average Bonchev–Trinajstić information content (AvgIpc) is 2.62. The Morgan fingerprint density at radius 1 is 1.90 bits per heavy atom. The van der Waals surface area contributed by atoms with Crippen molar-refractivity contribution in [1.82, 2.24) is 0 Å². The number of ketones is 1. The molecule has 0 heterocycles. The van der Waals surface area contributed by atoms with Gasteiger partial charge in [-0.15, -0.1) is 6.58 Å². The molecule has 2 unspecified atom stereocenters. The van der Waals surface area contributed by atoms with Crippen LogP contribution in [0.4, 0.5) is 0 Å². The Labute approximate surface area is 62.1 Å². The van der Waals surface area contributed by atoms with Crippen LogP contribution in [-0.2, 0) is 4.79 Å². The third-order valence-electron chi connectivity index (χ3n) is 2.75. The van der Waals surface area contributed by atoms with E-state index in [1.54, 1.807) is 6.92 Å². The van der Waals surface area contributed by atoms with Crippen LogP contribution in [0.15, 0.2) is 12.7 Å². The van der Waals surface area contributed by atoms with Gasteiger partial charge in [0, 0.05) is 5.41 Å². The summed E-state index contributed by atoms with van der Waals surface area (Å²) >= 11 is 0. The standard InChI is InChI=1S/C9H14O/c1-4-8-6-9(8,5-2)7(3)10/h4,8H,1,5-6H2,2-3H3. The molecule has 1 rings (SSSR count). The number of carbonyl (C=O) groups is 1. The van der Waals surface area contributed by atoms with Gasteiger partial charge in [-0.3, -0.25) is 4.79 Å². The van der Waals surface area contributed by atoms with E-state index in [1.165, 1.54) is 0 Å². The summed E-state index contributed by atoms with van der Waals surface area (Å²) in [6.45, 7) is 7.46. The molecule has 0 bridgehead atoms. The number of allylic oxidation sites excluding steroid dienone is 1. The largest absolute Gasteiger partial charge is 0.299 e. The van der Waals surface area contributed by atoms with Gasteiger partial charge < -0.3 is 0 Å². The van der Waals surface area contributed by atoms with Crippen LogP contribution in [0.2, 0.25) is 0 Å². The molecule has 0 aromatic carbocycles. The quantitative estimate of drug-likeness (QED) is 0.546. The van der Waals surface area contributed by atoms with E-state index in [1.807, 2.05) is 6.08 Å². The topological polar surface area (TPSA) is 17.1 Å². The molecular formula is C9H14O. The van der Waals surface area contributed by atoms with E-state index in [0.29, 0.717) is 11.7 Å². The first kappa shape index (κ1) is 7.52. The van der Waals surface area contributed by atoms with Gasteiger partial charge in [-0.05, 0) is 25.7 Å². The Morgan fingerprint density at radius 3 is 2.60 bits per heavy atom. The predicted molar refractivity (Wildman–Crippen MR) is 41.7 cm³/mol. The minimum absolute atomic E-state index is 0.00174. The second-order valence-electron chi connectivity index (χ2n) is 3.11. The van der Waals surface area contributed by atoms with Gasteiger partial charge in [0.1, 0.15) is 5.78 Å². The van der Waals surface area contributed by atoms with Crippen molar-refractivity contribution in [1.29, 1.82) is 0 Å². The van der Waals surface area contributed by atoms with Gasteiger partial charge in [0.25, 0.3) is 0 Å². The van der Waals surface area contributed by atoms with Crippen molar-refractivity contribution in [3.63, 3.8) is 0 Å². The zero-order valence-corrected chi connectivity index (χ0v) is 6.68. The molecule has 10 heavy (non-hydrogen) atoms. The third-order valence-corrected chi connectivity index (χ3v) is 2.75. The van der Waals surface area contributed by atoms with Crippen molar-refractivity contribution in [2.75, 3.05) is 0 Å². The molecule has 0 aromatic heterocycles. The minimum atomic E-state index is 0.00174. The van der Waals surface area contributed by atoms with Gasteiger partial charge in [-0.2, -0.15) is 0 Å². The minimum Gasteiger partial charge on any atom is -0.299 e. The Hall–Kier alpha value is -0.590. The van der Waals surface area contributed by atoms with Crippen molar-refractivity contribution >= 4 is 5.78 Å². The maximum atomic E-state index is 11.1. The van der Waals surface area contributed by atoms with Crippen molar-refractivity contribution in [3.8, 4) is 0 Å². The van der Waals surface area contributed by atoms with Crippen LogP contribution in [0.5, 0.6) is 0 Å². The van der Waals surface area contributed by atoms with Crippen molar-refractivity contribution in [3.05, 3.63) is 12.7 Å². The fraction of sp³-hybridized carbons (Fsp3) is 0.667. The summed E-state index contributed by atoms with van der Waals surface area (Å²) < 4.78 is 0. The summed E-state index contributed by atoms with van der Waals surface area (Å²) in [6.07, 6.45) is 3.91. The second kappa shape index (κ2) is 2.22. The van der Waals surface area contributed by atoms with Crippen LogP contribution >= 0.6 is 0 Å². The number of Topliss-reactive ketones (excluding diaryl/α,β-unsaturated/α-hetero) is 1. The number of carbonyl (C=O) groups excluding carboxylic acids is 1. The molecule has 56 valence electrons. The Bertz CT molecular complexity index is 172. The highest BCUT2D eigenvalue weighted by Crippen LogP contribution is 2.56. The normalized spacial score (nSPS) is 37.2. The van der Waals surface area contributed by atoms with Crippen LogP contribution in [0.25, 0.3) is 0 Å². The van der Waals surface area contributed by atoms with Crippen LogP contribution < -0.4 is 0 Å². The van der Waals surface area contributed by atoms with Crippen LogP contribution in [0.1, 0.15) is 26.7 Å². The van der Waals surface area contributed by atoms with Gasteiger partial charge >= 0.3 is 0 Å². The monoisotopic (exact) mass is 138 g/mol. The SMILES string of the molecule is C=CC1CC1(CC)C(C)=O. The number of hydrogen-bond acceptors (Lipinski definition) is 1. The van der Waals surface area contributed by atoms with Crippen LogP contribution in [0, 0.1) is 11.3 Å². The predicted octanol–water partition coefficient (Wildman–Crippen LogP) is 2.18. The zero-order chi connectivity index (χ0) is 7.78. The molecular weight excluding hydrogens is 124 g/mol. The highest BCUT2D eigenvalue weighted by molar-refractivity contribution is 5.86. The summed E-state index contributed by atoms with van der Waals surface area (Å²) in [6, 6.07) is 0. The first-order valence-electron chi connectivity index (χ1n) is 3.81. The molecule has 1 saturated carbocycles. The highest BCUT2D eigenvalue weighted by Gasteiger charge is 2.54. The average molecular weight is 138 g/mol. The van der Waals surface area contributed by atoms with E-state index in [4.69, 9.17) is 0 Å². The molecule has 1 fully saturated rings. The Balaban J connectivity index is 2.67. The lowest BCUT2D eigenvalue weighted by atomic mass is 9.96. The van der Waals surface area contributed by atoms with Gasteiger partial charge in [0.15, 0.2) is 0 Å². The van der Waals surface area contributed by atoms with Crippen molar-refractivity contribution < 1.29 is 4.79 Å². The fourth-order valence-electron chi connectivity index (χ4n) is 1.70. The van der Waals surface area contributed by atoms with Gasteiger partial charge in [-0.1, -0.05) is 13.0 Å². The van der Waals surface area contributed by atoms with Crippen molar-refractivity contribution in [2.45, 2.75) is 26.7 Å². The lowest BCUT2D eigenvalue weighted by Gasteiger charge is -2.07. The smallest absolute Gasteiger partial charge is 0.136 e. The molecule has 0 spiro atoms. The third kappa shape index (κ3) is 0.808.